The van der Waals surface area contributed by atoms with Gasteiger partial charge in [-0.25, -0.2) is 0 Å². The molecule has 0 aromatic rings. The van der Waals surface area contributed by atoms with Crippen molar-refractivity contribution in [3.63, 3.8) is 0 Å². The predicted octanol–water partition coefficient (Wildman–Crippen LogP) is -0.157. The number of carbonyl (C=O) groups is 1. The van der Waals surface area contributed by atoms with Gasteiger partial charge in [-0.2, -0.15) is 0 Å². The molecule has 1 N–H and O–H groups in total. The van der Waals surface area contributed by atoms with E-state index in [0.717, 1.165) is 25.9 Å². The first-order chi connectivity index (χ1) is 6.25. The Labute approximate surface area is 79.2 Å². The van der Waals surface area contributed by atoms with Crippen LogP contribution in [0.15, 0.2) is 0 Å². The van der Waals surface area contributed by atoms with Crippen molar-refractivity contribution < 1.29 is 9.53 Å². The molecule has 1 rings (SSSR count). The normalized spacial score (nSPS) is 18.6. The monoisotopic (exact) mass is 186 g/mol. The fourth-order valence-corrected chi connectivity index (χ4v) is 1.62. The van der Waals surface area contributed by atoms with Crippen LogP contribution < -0.4 is 5.32 Å². The molecule has 1 aliphatic heterocycles. The van der Waals surface area contributed by atoms with Crippen molar-refractivity contribution in [2.45, 2.75) is 18.9 Å². The number of methoxy groups -OCH3 is 1. The van der Waals surface area contributed by atoms with Crippen LogP contribution in [0.4, 0.5) is 0 Å². The summed E-state index contributed by atoms with van der Waals surface area (Å²) in [6, 6.07) is 0.393. The van der Waals surface area contributed by atoms with E-state index in [9.17, 15) is 4.79 Å². The lowest BCUT2D eigenvalue weighted by Crippen LogP contribution is -2.45. The molecular weight excluding hydrogens is 168 g/mol. The lowest BCUT2D eigenvalue weighted by atomic mass is 10.1. The van der Waals surface area contributed by atoms with Gasteiger partial charge >= 0.3 is 0 Å². The van der Waals surface area contributed by atoms with Gasteiger partial charge in [-0.05, 0) is 25.9 Å². The standard InChI is InChI=1S/C9H18N2O2/c1-11(9(12)7-13-2)8-3-5-10-6-4-8/h8,10H,3-7H2,1-2H3. The Morgan fingerprint density at radius 3 is 2.69 bits per heavy atom. The fourth-order valence-electron chi connectivity index (χ4n) is 1.62. The summed E-state index contributed by atoms with van der Waals surface area (Å²) < 4.78 is 4.81. The Morgan fingerprint density at radius 1 is 1.54 bits per heavy atom. The molecule has 1 saturated heterocycles. The molecule has 0 aromatic carbocycles. The van der Waals surface area contributed by atoms with E-state index in [0.29, 0.717) is 6.04 Å². The highest BCUT2D eigenvalue weighted by Crippen LogP contribution is 2.09. The first kappa shape index (κ1) is 10.5. The maximum atomic E-state index is 11.4. The van der Waals surface area contributed by atoms with Crippen LogP contribution in [0.5, 0.6) is 0 Å². The first-order valence-corrected chi connectivity index (χ1v) is 4.71. The topological polar surface area (TPSA) is 41.6 Å². The molecule has 0 bridgehead atoms. The quantitative estimate of drug-likeness (QED) is 0.666. The van der Waals surface area contributed by atoms with E-state index in [1.54, 1.807) is 7.11 Å². The third-order valence-electron chi connectivity index (χ3n) is 2.52. The van der Waals surface area contributed by atoms with Crippen LogP contribution in [0.25, 0.3) is 0 Å². The highest BCUT2D eigenvalue weighted by atomic mass is 16.5. The maximum Gasteiger partial charge on any atom is 0.248 e. The number of hydrogen-bond acceptors (Lipinski definition) is 3. The van der Waals surface area contributed by atoms with Gasteiger partial charge in [0.05, 0.1) is 0 Å². The SMILES string of the molecule is COCC(=O)N(C)C1CCNCC1. The number of nitrogens with zero attached hydrogens (tertiary/aromatic N) is 1. The minimum absolute atomic E-state index is 0.0781. The van der Waals surface area contributed by atoms with Gasteiger partial charge in [0.1, 0.15) is 6.61 Å². The molecule has 4 nitrogen and oxygen atoms in total. The van der Waals surface area contributed by atoms with E-state index in [4.69, 9.17) is 4.74 Å². The van der Waals surface area contributed by atoms with Crippen molar-refractivity contribution in [2.24, 2.45) is 0 Å². The molecule has 0 saturated carbocycles. The van der Waals surface area contributed by atoms with Crippen LogP contribution in [-0.4, -0.2) is 50.7 Å². The van der Waals surface area contributed by atoms with Crippen molar-refractivity contribution in [1.29, 1.82) is 0 Å². The summed E-state index contributed by atoms with van der Waals surface area (Å²) >= 11 is 0. The Kier molecular flexibility index (Phi) is 4.18. The molecule has 0 aromatic heterocycles. The summed E-state index contributed by atoms with van der Waals surface area (Å²) in [6.07, 6.45) is 2.10. The Hall–Kier alpha value is -0.610. The Balaban J connectivity index is 2.35. The van der Waals surface area contributed by atoms with Crippen LogP contribution in [0.3, 0.4) is 0 Å². The first-order valence-electron chi connectivity index (χ1n) is 4.71. The van der Waals surface area contributed by atoms with Gasteiger partial charge in [0.25, 0.3) is 0 Å². The van der Waals surface area contributed by atoms with Crippen molar-refractivity contribution in [3.8, 4) is 0 Å². The van der Waals surface area contributed by atoms with E-state index in [2.05, 4.69) is 5.32 Å². The van der Waals surface area contributed by atoms with Gasteiger partial charge in [0.2, 0.25) is 5.91 Å². The third-order valence-corrected chi connectivity index (χ3v) is 2.52. The number of ether oxygens (including phenoxy) is 1. The molecule has 1 fully saturated rings. The second-order valence-electron chi connectivity index (χ2n) is 3.42. The molecule has 4 heteroatoms. The van der Waals surface area contributed by atoms with E-state index >= 15 is 0 Å². The number of rotatable bonds is 3. The van der Waals surface area contributed by atoms with E-state index in [1.165, 1.54) is 0 Å². The summed E-state index contributed by atoms with van der Waals surface area (Å²) in [5.41, 5.74) is 0. The van der Waals surface area contributed by atoms with Gasteiger partial charge in [-0.1, -0.05) is 0 Å². The lowest BCUT2D eigenvalue weighted by molar-refractivity contribution is -0.136. The van der Waals surface area contributed by atoms with Crippen molar-refractivity contribution in [3.05, 3.63) is 0 Å². The predicted molar refractivity (Wildman–Crippen MR) is 50.5 cm³/mol. The summed E-state index contributed by atoms with van der Waals surface area (Å²) in [5.74, 6) is 0.0781. The minimum Gasteiger partial charge on any atom is -0.375 e. The average Bonchev–Trinajstić information content (AvgIpc) is 2.18. The zero-order chi connectivity index (χ0) is 9.68. The molecule has 0 unspecified atom stereocenters. The number of amides is 1. The van der Waals surface area contributed by atoms with Crippen molar-refractivity contribution >= 4 is 5.91 Å². The number of carbonyl (C=O) groups excluding carboxylic acids is 1. The van der Waals surface area contributed by atoms with E-state index < -0.39 is 0 Å². The van der Waals surface area contributed by atoms with Crippen molar-refractivity contribution in [1.82, 2.24) is 10.2 Å². The largest absolute Gasteiger partial charge is 0.375 e. The molecule has 0 spiro atoms. The minimum atomic E-state index is 0.0781. The highest BCUT2D eigenvalue weighted by Gasteiger charge is 2.21. The third kappa shape index (κ3) is 2.97. The Bertz CT molecular complexity index is 167. The summed E-state index contributed by atoms with van der Waals surface area (Å²) in [4.78, 5) is 13.2. The number of piperidine rings is 1. The van der Waals surface area contributed by atoms with Gasteiger partial charge in [0, 0.05) is 20.2 Å². The smallest absolute Gasteiger partial charge is 0.248 e. The summed E-state index contributed by atoms with van der Waals surface area (Å²) in [5, 5.41) is 3.27. The van der Waals surface area contributed by atoms with Gasteiger partial charge < -0.3 is 15.0 Å². The van der Waals surface area contributed by atoms with E-state index in [1.807, 2.05) is 11.9 Å². The molecule has 1 aliphatic rings. The van der Waals surface area contributed by atoms with E-state index in [-0.39, 0.29) is 12.5 Å². The number of nitrogens with one attached hydrogen (secondary N) is 1. The van der Waals surface area contributed by atoms with Crippen LogP contribution >= 0.6 is 0 Å². The second kappa shape index (κ2) is 5.19. The van der Waals surface area contributed by atoms with Crippen LogP contribution in [-0.2, 0) is 9.53 Å². The van der Waals surface area contributed by atoms with Gasteiger partial charge in [-0.3, -0.25) is 4.79 Å². The number of likely N-dealkylation sites (N-methyl/N-ethyl adjacent to an activating group) is 1. The average molecular weight is 186 g/mol. The van der Waals surface area contributed by atoms with Gasteiger partial charge in [0.15, 0.2) is 0 Å². The lowest BCUT2D eigenvalue weighted by Gasteiger charge is -2.31. The molecule has 13 heavy (non-hydrogen) atoms. The van der Waals surface area contributed by atoms with Crippen LogP contribution in [0, 0.1) is 0 Å². The highest BCUT2D eigenvalue weighted by molar-refractivity contribution is 5.77. The van der Waals surface area contributed by atoms with Crippen molar-refractivity contribution in [2.75, 3.05) is 33.9 Å². The molecule has 1 heterocycles. The van der Waals surface area contributed by atoms with Crippen LogP contribution in [0.2, 0.25) is 0 Å². The summed E-state index contributed by atoms with van der Waals surface area (Å²) in [7, 11) is 3.41. The zero-order valence-corrected chi connectivity index (χ0v) is 8.38. The molecule has 0 atom stereocenters. The molecule has 76 valence electrons. The molecular formula is C9H18N2O2. The zero-order valence-electron chi connectivity index (χ0n) is 8.38. The molecule has 0 aliphatic carbocycles. The maximum absolute atomic E-state index is 11.4. The summed E-state index contributed by atoms with van der Waals surface area (Å²) in [6.45, 7) is 2.21. The molecule has 0 radical (unpaired) electrons. The fraction of sp³-hybridized carbons (Fsp3) is 0.889. The van der Waals surface area contributed by atoms with Gasteiger partial charge in [-0.15, -0.1) is 0 Å². The Morgan fingerprint density at radius 2 is 2.15 bits per heavy atom. The molecule has 1 amide bonds. The number of hydrogen-bond donors (Lipinski definition) is 1. The van der Waals surface area contributed by atoms with Crippen LogP contribution in [0.1, 0.15) is 12.8 Å². The second-order valence-corrected chi connectivity index (χ2v) is 3.42.